The van der Waals surface area contributed by atoms with Crippen LogP contribution < -0.4 is 10.6 Å². The van der Waals surface area contributed by atoms with Crippen molar-refractivity contribution in [3.63, 3.8) is 0 Å². The standard InChI is InChI=1S/C15H15F3N2/c1-20(14-8-3-2-7-13(14)19)10-11-5-4-6-12(9-11)15(16,17)18/h2-9H,10,19H2,1H3. The van der Waals surface area contributed by atoms with Crippen molar-refractivity contribution < 1.29 is 13.2 Å². The van der Waals surface area contributed by atoms with Crippen LogP contribution in [0.1, 0.15) is 11.1 Å². The zero-order chi connectivity index (χ0) is 14.8. The van der Waals surface area contributed by atoms with Gasteiger partial charge in [0.25, 0.3) is 0 Å². The Labute approximate surface area is 115 Å². The smallest absolute Gasteiger partial charge is 0.397 e. The minimum absolute atomic E-state index is 0.359. The van der Waals surface area contributed by atoms with E-state index in [1.54, 1.807) is 19.2 Å². The van der Waals surface area contributed by atoms with Crippen molar-refractivity contribution in [1.82, 2.24) is 0 Å². The molecular weight excluding hydrogens is 265 g/mol. The quantitative estimate of drug-likeness (QED) is 0.863. The zero-order valence-corrected chi connectivity index (χ0v) is 11.0. The van der Waals surface area contributed by atoms with Gasteiger partial charge in [-0.25, -0.2) is 0 Å². The van der Waals surface area contributed by atoms with Crippen molar-refractivity contribution in [2.24, 2.45) is 0 Å². The van der Waals surface area contributed by atoms with Gasteiger partial charge in [-0.2, -0.15) is 13.2 Å². The summed E-state index contributed by atoms with van der Waals surface area (Å²) in [5, 5.41) is 0. The summed E-state index contributed by atoms with van der Waals surface area (Å²) >= 11 is 0. The lowest BCUT2D eigenvalue weighted by molar-refractivity contribution is -0.137. The largest absolute Gasteiger partial charge is 0.416 e. The van der Waals surface area contributed by atoms with E-state index in [1.165, 1.54) is 6.07 Å². The summed E-state index contributed by atoms with van der Waals surface area (Å²) in [7, 11) is 1.80. The lowest BCUT2D eigenvalue weighted by Crippen LogP contribution is -2.18. The molecule has 2 N–H and O–H groups in total. The van der Waals surface area contributed by atoms with Crippen LogP contribution in [0.25, 0.3) is 0 Å². The van der Waals surface area contributed by atoms with Gasteiger partial charge in [0.1, 0.15) is 0 Å². The molecule has 0 atom stereocenters. The Morgan fingerprint density at radius 2 is 1.75 bits per heavy atom. The van der Waals surface area contributed by atoms with E-state index in [0.29, 0.717) is 17.8 Å². The molecule has 0 aromatic heterocycles. The highest BCUT2D eigenvalue weighted by atomic mass is 19.4. The van der Waals surface area contributed by atoms with Crippen molar-refractivity contribution >= 4 is 11.4 Å². The molecule has 0 heterocycles. The highest BCUT2D eigenvalue weighted by Crippen LogP contribution is 2.30. The van der Waals surface area contributed by atoms with Gasteiger partial charge in [0.15, 0.2) is 0 Å². The van der Waals surface area contributed by atoms with Crippen molar-refractivity contribution in [2.75, 3.05) is 17.7 Å². The molecule has 0 saturated carbocycles. The maximum atomic E-state index is 12.7. The third kappa shape index (κ3) is 3.23. The van der Waals surface area contributed by atoms with Crippen LogP contribution in [0.3, 0.4) is 0 Å². The van der Waals surface area contributed by atoms with Gasteiger partial charge in [-0.05, 0) is 29.8 Å². The monoisotopic (exact) mass is 280 g/mol. The van der Waals surface area contributed by atoms with E-state index in [-0.39, 0.29) is 0 Å². The predicted octanol–water partition coefficient (Wildman–Crippen LogP) is 3.92. The number of hydrogen-bond donors (Lipinski definition) is 1. The Kier molecular flexibility index (Phi) is 3.88. The highest BCUT2D eigenvalue weighted by molar-refractivity contribution is 5.66. The number of alkyl halides is 3. The number of nitrogens with two attached hydrogens (primary N) is 1. The van der Waals surface area contributed by atoms with Gasteiger partial charge in [0, 0.05) is 13.6 Å². The first kappa shape index (κ1) is 14.2. The second-order valence-corrected chi connectivity index (χ2v) is 4.61. The average Bonchev–Trinajstić information content (AvgIpc) is 2.38. The van der Waals surface area contributed by atoms with Gasteiger partial charge in [-0.3, -0.25) is 0 Å². The SMILES string of the molecule is CN(Cc1cccc(C(F)(F)F)c1)c1ccccc1N. The Morgan fingerprint density at radius 1 is 1.05 bits per heavy atom. The second-order valence-electron chi connectivity index (χ2n) is 4.61. The molecule has 0 saturated heterocycles. The van der Waals surface area contributed by atoms with Crippen molar-refractivity contribution in [3.8, 4) is 0 Å². The normalized spacial score (nSPS) is 11.4. The number of halogens is 3. The van der Waals surface area contributed by atoms with E-state index in [2.05, 4.69) is 0 Å². The van der Waals surface area contributed by atoms with Crippen LogP contribution in [0.4, 0.5) is 24.5 Å². The van der Waals surface area contributed by atoms with Gasteiger partial charge in [0.2, 0.25) is 0 Å². The molecule has 106 valence electrons. The summed E-state index contributed by atoms with van der Waals surface area (Å²) in [6.45, 7) is 0.359. The topological polar surface area (TPSA) is 29.3 Å². The zero-order valence-electron chi connectivity index (χ0n) is 11.0. The lowest BCUT2D eigenvalue weighted by Gasteiger charge is -2.21. The fraction of sp³-hybridized carbons (Fsp3) is 0.200. The van der Waals surface area contributed by atoms with E-state index in [0.717, 1.165) is 17.8 Å². The molecule has 5 heteroatoms. The molecule has 20 heavy (non-hydrogen) atoms. The molecule has 0 fully saturated rings. The van der Waals surface area contributed by atoms with Crippen molar-refractivity contribution in [1.29, 1.82) is 0 Å². The maximum Gasteiger partial charge on any atom is 0.416 e. The number of anilines is 2. The summed E-state index contributed by atoms with van der Waals surface area (Å²) < 4.78 is 38.0. The third-order valence-electron chi connectivity index (χ3n) is 3.02. The van der Waals surface area contributed by atoms with E-state index >= 15 is 0 Å². The van der Waals surface area contributed by atoms with Crippen molar-refractivity contribution in [3.05, 3.63) is 59.7 Å². The average molecular weight is 280 g/mol. The fourth-order valence-electron chi connectivity index (χ4n) is 2.04. The molecule has 0 aliphatic carbocycles. The van der Waals surface area contributed by atoms with Crippen LogP contribution in [0.2, 0.25) is 0 Å². The Bertz CT molecular complexity index is 594. The minimum Gasteiger partial charge on any atom is -0.397 e. The summed E-state index contributed by atoms with van der Waals surface area (Å²) in [6.07, 6.45) is -4.32. The Balaban J connectivity index is 2.20. The molecule has 0 spiro atoms. The summed E-state index contributed by atoms with van der Waals surface area (Å²) in [5.74, 6) is 0. The summed E-state index contributed by atoms with van der Waals surface area (Å²) in [4.78, 5) is 1.82. The molecule has 2 rings (SSSR count). The van der Waals surface area contributed by atoms with Crippen LogP contribution in [0.5, 0.6) is 0 Å². The van der Waals surface area contributed by atoms with Crippen LogP contribution in [-0.4, -0.2) is 7.05 Å². The molecule has 2 aromatic rings. The van der Waals surface area contributed by atoms with Crippen LogP contribution in [-0.2, 0) is 12.7 Å². The van der Waals surface area contributed by atoms with Crippen LogP contribution in [0.15, 0.2) is 48.5 Å². The second kappa shape index (κ2) is 5.45. The Hall–Kier alpha value is -2.17. The fourth-order valence-corrected chi connectivity index (χ4v) is 2.04. The lowest BCUT2D eigenvalue weighted by atomic mass is 10.1. The number of nitrogen functional groups attached to an aromatic ring is 1. The molecule has 0 unspecified atom stereocenters. The molecular formula is C15H15F3N2. The molecule has 0 bridgehead atoms. The highest BCUT2D eigenvalue weighted by Gasteiger charge is 2.30. The molecule has 0 amide bonds. The van der Waals surface area contributed by atoms with Gasteiger partial charge < -0.3 is 10.6 Å². The summed E-state index contributed by atoms with van der Waals surface area (Å²) in [5.41, 5.74) is 7.20. The first-order chi connectivity index (χ1) is 9.38. The van der Waals surface area contributed by atoms with Gasteiger partial charge >= 0.3 is 6.18 Å². The molecule has 0 aliphatic heterocycles. The molecule has 0 aliphatic rings. The first-order valence-electron chi connectivity index (χ1n) is 6.09. The van der Waals surface area contributed by atoms with E-state index in [4.69, 9.17) is 5.73 Å². The molecule has 0 radical (unpaired) electrons. The number of para-hydroxylation sites is 2. The van der Waals surface area contributed by atoms with E-state index in [9.17, 15) is 13.2 Å². The van der Waals surface area contributed by atoms with E-state index in [1.807, 2.05) is 23.1 Å². The number of rotatable bonds is 3. The Morgan fingerprint density at radius 3 is 2.40 bits per heavy atom. The predicted molar refractivity (Wildman–Crippen MR) is 74.4 cm³/mol. The molecule has 2 aromatic carbocycles. The van der Waals surface area contributed by atoms with E-state index < -0.39 is 11.7 Å². The van der Waals surface area contributed by atoms with Crippen LogP contribution >= 0.6 is 0 Å². The van der Waals surface area contributed by atoms with Gasteiger partial charge in [-0.15, -0.1) is 0 Å². The van der Waals surface area contributed by atoms with Crippen LogP contribution in [0, 0.1) is 0 Å². The van der Waals surface area contributed by atoms with Crippen molar-refractivity contribution in [2.45, 2.75) is 12.7 Å². The van der Waals surface area contributed by atoms with Gasteiger partial charge in [0.05, 0.1) is 16.9 Å². The first-order valence-corrected chi connectivity index (χ1v) is 6.09. The summed E-state index contributed by atoms with van der Waals surface area (Å²) in [6, 6.07) is 12.6. The minimum atomic E-state index is -4.32. The third-order valence-corrected chi connectivity index (χ3v) is 3.02. The number of hydrogen-bond acceptors (Lipinski definition) is 2. The number of nitrogens with zero attached hydrogens (tertiary/aromatic N) is 1. The molecule has 2 nitrogen and oxygen atoms in total. The van der Waals surface area contributed by atoms with Gasteiger partial charge in [-0.1, -0.05) is 24.3 Å². The number of benzene rings is 2. The maximum absolute atomic E-state index is 12.7.